The summed E-state index contributed by atoms with van der Waals surface area (Å²) >= 11 is 0. The quantitative estimate of drug-likeness (QED) is 0.798. The average Bonchev–Trinajstić information content (AvgIpc) is 3.28. The lowest BCUT2D eigenvalue weighted by molar-refractivity contribution is 0.210. The molecule has 0 aromatic heterocycles. The summed E-state index contributed by atoms with van der Waals surface area (Å²) in [5.74, 6) is -0.467. The Kier molecular flexibility index (Phi) is 4.38. The third-order valence-corrected chi connectivity index (χ3v) is 4.70. The van der Waals surface area contributed by atoms with E-state index in [-0.39, 0.29) is 24.1 Å². The molecule has 5 heteroatoms. The Balaban J connectivity index is 1.50. The van der Waals surface area contributed by atoms with Crippen molar-refractivity contribution in [2.75, 3.05) is 6.61 Å². The number of nitrogens with zero attached hydrogens (tertiary/aromatic N) is 1. The van der Waals surface area contributed by atoms with Gasteiger partial charge < -0.3 is 9.47 Å². The van der Waals surface area contributed by atoms with Crippen LogP contribution in [0, 0.1) is 11.6 Å². The first-order chi connectivity index (χ1) is 12.2. The molecule has 1 heterocycles. The highest BCUT2D eigenvalue weighted by atomic mass is 19.1. The number of aliphatic imine (C=N–C) groups is 1. The second kappa shape index (κ2) is 6.82. The summed E-state index contributed by atoms with van der Waals surface area (Å²) in [5.41, 5.74) is 0.733. The van der Waals surface area contributed by atoms with Crippen LogP contribution in [-0.4, -0.2) is 18.6 Å². The summed E-state index contributed by atoms with van der Waals surface area (Å²) in [6.07, 6.45) is 4.99. The van der Waals surface area contributed by atoms with Gasteiger partial charge in [-0.3, -0.25) is 0 Å². The molecule has 1 aliphatic carbocycles. The molecule has 3 nitrogen and oxygen atoms in total. The van der Waals surface area contributed by atoms with Crippen LogP contribution in [0.2, 0.25) is 0 Å². The van der Waals surface area contributed by atoms with Gasteiger partial charge in [-0.05, 0) is 55.5 Å². The molecule has 0 spiro atoms. The van der Waals surface area contributed by atoms with Gasteiger partial charge in [0, 0.05) is 0 Å². The van der Waals surface area contributed by atoms with E-state index < -0.39 is 11.6 Å². The molecule has 0 radical (unpaired) electrons. The third kappa shape index (κ3) is 3.36. The van der Waals surface area contributed by atoms with E-state index in [0.29, 0.717) is 6.10 Å². The maximum Gasteiger partial charge on any atom is 0.222 e. The van der Waals surface area contributed by atoms with E-state index in [2.05, 4.69) is 4.99 Å². The lowest BCUT2D eigenvalue weighted by atomic mass is 10.1. The molecule has 2 aliphatic rings. The van der Waals surface area contributed by atoms with Gasteiger partial charge in [-0.1, -0.05) is 18.2 Å². The molecule has 2 aromatic rings. The van der Waals surface area contributed by atoms with Crippen molar-refractivity contribution in [3.8, 4) is 5.75 Å². The van der Waals surface area contributed by atoms with Gasteiger partial charge in [0.25, 0.3) is 0 Å². The van der Waals surface area contributed by atoms with Gasteiger partial charge in [0.1, 0.15) is 35.6 Å². The zero-order chi connectivity index (χ0) is 17.2. The van der Waals surface area contributed by atoms with Crippen LogP contribution in [0.3, 0.4) is 0 Å². The van der Waals surface area contributed by atoms with Crippen LogP contribution in [-0.2, 0) is 4.74 Å². The fraction of sp³-hybridized carbons (Fsp3) is 0.350. The molecular weight excluding hydrogens is 324 g/mol. The van der Waals surface area contributed by atoms with E-state index in [0.717, 1.165) is 24.2 Å². The molecule has 2 aromatic carbocycles. The van der Waals surface area contributed by atoms with E-state index >= 15 is 0 Å². The molecule has 0 bridgehead atoms. The molecule has 25 heavy (non-hydrogen) atoms. The van der Waals surface area contributed by atoms with E-state index in [1.807, 2.05) is 24.3 Å². The Morgan fingerprint density at radius 1 is 0.960 bits per heavy atom. The van der Waals surface area contributed by atoms with Crippen molar-refractivity contribution in [3.05, 3.63) is 65.2 Å². The Bertz CT molecular complexity index is 763. The lowest BCUT2D eigenvalue weighted by Crippen LogP contribution is -2.10. The van der Waals surface area contributed by atoms with Crippen molar-refractivity contribution < 1.29 is 18.3 Å². The highest BCUT2D eigenvalue weighted by Crippen LogP contribution is 2.29. The number of hydrogen-bond acceptors (Lipinski definition) is 3. The Hall–Kier alpha value is -2.43. The summed E-state index contributed by atoms with van der Waals surface area (Å²) in [4.78, 5) is 4.36. The number of halogens is 2. The van der Waals surface area contributed by atoms with Crippen molar-refractivity contribution in [2.24, 2.45) is 4.99 Å². The fourth-order valence-electron chi connectivity index (χ4n) is 3.35. The Morgan fingerprint density at radius 3 is 2.32 bits per heavy atom. The lowest BCUT2D eigenvalue weighted by Gasteiger charge is -2.13. The summed E-state index contributed by atoms with van der Waals surface area (Å²) in [6, 6.07) is 11.2. The molecule has 0 amide bonds. The van der Waals surface area contributed by atoms with Gasteiger partial charge in [-0.15, -0.1) is 0 Å². The smallest absolute Gasteiger partial charge is 0.222 e. The van der Waals surface area contributed by atoms with E-state index in [9.17, 15) is 8.78 Å². The van der Waals surface area contributed by atoms with Crippen LogP contribution in [0.25, 0.3) is 0 Å². The molecule has 0 N–H and O–H groups in total. The normalized spacial score (nSPS) is 20.4. The summed E-state index contributed by atoms with van der Waals surface area (Å²) in [6.45, 7) is 0.270. The first-order valence-corrected chi connectivity index (χ1v) is 8.62. The van der Waals surface area contributed by atoms with Crippen molar-refractivity contribution in [1.29, 1.82) is 0 Å². The van der Waals surface area contributed by atoms with Crippen LogP contribution < -0.4 is 4.74 Å². The summed E-state index contributed by atoms with van der Waals surface area (Å²) < 4.78 is 39.1. The van der Waals surface area contributed by atoms with Crippen LogP contribution in [0.5, 0.6) is 5.75 Å². The van der Waals surface area contributed by atoms with Crippen molar-refractivity contribution in [1.82, 2.24) is 0 Å². The SMILES string of the molecule is Fc1cccc(F)c1C1=NC(c2ccc(OC3CCCC3)cc2)CO1. The van der Waals surface area contributed by atoms with Gasteiger partial charge in [-0.2, -0.15) is 0 Å². The topological polar surface area (TPSA) is 30.8 Å². The summed E-state index contributed by atoms with van der Waals surface area (Å²) in [7, 11) is 0. The van der Waals surface area contributed by atoms with E-state index in [4.69, 9.17) is 9.47 Å². The predicted octanol–water partition coefficient (Wildman–Crippen LogP) is 4.80. The van der Waals surface area contributed by atoms with Crippen molar-refractivity contribution in [2.45, 2.75) is 37.8 Å². The molecule has 130 valence electrons. The predicted molar refractivity (Wildman–Crippen MR) is 90.9 cm³/mol. The van der Waals surface area contributed by atoms with E-state index in [1.54, 1.807) is 0 Å². The largest absolute Gasteiger partial charge is 0.490 e. The van der Waals surface area contributed by atoms with Crippen molar-refractivity contribution >= 4 is 5.90 Å². The molecule has 1 atom stereocenters. The zero-order valence-electron chi connectivity index (χ0n) is 13.8. The number of benzene rings is 2. The van der Waals surface area contributed by atoms with Gasteiger partial charge >= 0.3 is 0 Å². The number of ether oxygens (including phenoxy) is 2. The zero-order valence-corrected chi connectivity index (χ0v) is 13.8. The molecule has 1 unspecified atom stereocenters. The minimum Gasteiger partial charge on any atom is -0.490 e. The van der Waals surface area contributed by atoms with Crippen LogP contribution in [0.15, 0.2) is 47.5 Å². The van der Waals surface area contributed by atoms with Gasteiger partial charge in [0.2, 0.25) is 5.90 Å². The van der Waals surface area contributed by atoms with Crippen molar-refractivity contribution in [3.63, 3.8) is 0 Å². The van der Waals surface area contributed by atoms with Crippen LogP contribution in [0.4, 0.5) is 8.78 Å². The monoisotopic (exact) mass is 343 g/mol. The average molecular weight is 343 g/mol. The Morgan fingerprint density at radius 2 is 1.64 bits per heavy atom. The fourth-order valence-corrected chi connectivity index (χ4v) is 3.35. The molecule has 1 aliphatic heterocycles. The molecule has 1 saturated carbocycles. The first-order valence-electron chi connectivity index (χ1n) is 8.62. The first kappa shape index (κ1) is 16.1. The van der Waals surface area contributed by atoms with Crippen LogP contribution >= 0.6 is 0 Å². The van der Waals surface area contributed by atoms with Crippen LogP contribution in [0.1, 0.15) is 42.9 Å². The number of hydrogen-bond donors (Lipinski definition) is 0. The number of rotatable bonds is 4. The van der Waals surface area contributed by atoms with Gasteiger partial charge in [0.15, 0.2) is 0 Å². The third-order valence-electron chi connectivity index (χ3n) is 4.70. The second-order valence-corrected chi connectivity index (χ2v) is 6.45. The Labute approximate surface area is 145 Å². The minimum atomic E-state index is -0.667. The molecular formula is C20H19F2NO2. The highest BCUT2D eigenvalue weighted by molar-refractivity contribution is 5.95. The van der Waals surface area contributed by atoms with Gasteiger partial charge in [0.05, 0.1) is 6.10 Å². The summed E-state index contributed by atoms with van der Waals surface area (Å²) in [5, 5.41) is 0. The molecule has 0 saturated heterocycles. The molecule has 4 rings (SSSR count). The maximum absolute atomic E-state index is 13.9. The highest BCUT2D eigenvalue weighted by Gasteiger charge is 2.26. The van der Waals surface area contributed by atoms with Gasteiger partial charge in [-0.25, -0.2) is 13.8 Å². The minimum absolute atomic E-state index is 0.0203. The standard InChI is InChI=1S/C20H19F2NO2/c21-16-6-3-7-17(22)19(16)20-23-18(12-24-20)13-8-10-15(11-9-13)25-14-4-1-2-5-14/h3,6-11,14,18H,1-2,4-5,12H2. The second-order valence-electron chi connectivity index (χ2n) is 6.45. The molecule has 1 fully saturated rings. The maximum atomic E-state index is 13.9. The van der Waals surface area contributed by atoms with E-state index in [1.165, 1.54) is 31.0 Å².